The van der Waals surface area contributed by atoms with E-state index in [-0.39, 0.29) is 15.5 Å². The predicted octanol–water partition coefficient (Wildman–Crippen LogP) is 3.49. The number of aryl methyl sites for hydroxylation is 1. The number of likely N-dealkylation sites (N-methyl/N-ethyl adjacent to an activating group) is 1. The number of sulfonamides is 1. The van der Waals surface area contributed by atoms with E-state index in [4.69, 9.17) is 23.2 Å². The molecule has 28 heavy (non-hydrogen) atoms. The van der Waals surface area contributed by atoms with Crippen molar-refractivity contribution >= 4 is 44.8 Å². The molecule has 6 nitrogen and oxygen atoms in total. The Balaban J connectivity index is 1.89. The lowest BCUT2D eigenvalue weighted by atomic mass is 10.1. The number of anilines is 1. The summed E-state index contributed by atoms with van der Waals surface area (Å²) in [5.41, 5.74) is 1.47. The van der Waals surface area contributed by atoms with Gasteiger partial charge in [0.2, 0.25) is 10.0 Å². The lowest BCUT2D eigenvalue weighted by molar-refractivity contribution is 0.102. The van der Waals surface area contributed by atoms with Crippen molar-refractivity contribution in [3.05, 3.63) is 57.6 Å². The van der Waals surface area contributed by atoms with Crippen molar-refractivity contribution in [2.75, 3.05) is 38.5 Å². The number of halogens is 2. The normalized spacial score (nSPS) is 16.1. The zero-order valence-corrected chi connectivity index (χ0v) is 17.9. The summed E-state index contributed by atoms with van der Waals surface area (Å²) in [7, 11) is -1.75. The van der Waals surface area contributed by atoms with Gasteiger partial charge in [0.15, 0.2) is 0 Å². The van der Waals surface area contributed by atoms with E-state index in [0.29, 0.717) is 36.9 Å². The van der Waals surface area contributed by atoms with Crippen molar-refractivity contribution in [1.82, 2.24) is 9.21 Å². The Morgan fingerprint density at radius 3 is 2.39 bits per heavy atom. The number of benzene rings is 2. The molecule has 1 aliphatic heterocycles. The molecule has 0 aromatic heterocycles. The molecule has 1 N–H and O–H groups in total. The van der Waals surface area contributed by atoms with Crippen LogP contribution in [0.5, 0.6) is 0 Å². The van der Waals surface area contributed by atoms with E-state index in [2.05, 4.69) is 10.2 Å². The van der Waals surface area contributed by atoms with Crippen LogP contribution in [0.3, 0.4) is 0 Å². The van der Waals surface area contributed by atoms with Crippen molar-refractivity contribution in [3.63, 3.8) is 0 Å². The Morgan fingerprint density at radius 1 is 1.04 bits per heavy atom. The Morgan fingerprint density at radius 2 is 1.71 bits per heavy atom. The van der Waals surface area contributed by atoms with Crippen LogP contribution in [0, 0.1) is 6.92 Å². The molecular weight excluding hydrogens is 421 g/mol. The fourth-order valence-corrected chi connectivity index (χ4v) is 4.76. The summed E-state index contributed by atoms with van der Waals surface area (Å²) in [6.07, 6.45) is 0. The molecule has 0 unspecified atom stereocenters. The Hall–Kier alpha value is -1.64. The van der Waals surface area contributed by atoms with Crippen molar-refractivity contribution in [1.29, 1.82) is 0 Å². The average Bonchev–Trinajstić information content (AvgIpc) is 2.65. The summed E-state index contributed by atoms with van der Waals surface area (Å²) in [6, 6.07) is 9.33. The number of rotatable bonds is 4. The van der Waals surface area contributed by atoms with Gasteiger partial charge in [-0.25, -0.2) is 8.42 Å². The Labute approximate surface area is 175 Å². The van der Waals surface area contributed by atoms with E-state index >= 15 is 0 Å². The SMILES string of the molecule is Cc1ccc(Cl)cc1NC(=O)c1cc(S(=O)(=O)N2CCN(C)CC2)ccc1Cl. The maximum atomic E-state index is 13.0. The first-order valence-corrected chi connectivity index (χ1v) is 10.9. The van der Waals surface area contributed by atoms with Crippen LogP contribution in [0.4, 0.5) is 5.69 Å². The smallest absolute Gasteiger partial charge is 0.257 e. The van der Waals surface area contributed by atoms with Crippen molar-refractivity contribution in [2.45, 2.75) is 11.8 Å². The first-order chi connectivity index (χ1) is 13.2. The quantitative estimate of drug-likeness (QED) is 0.787. The van der Waals surface area contributed by atoms with Crippen LogP contribution in [-0.4, -0.2) is 56.8 Å². The van der Waals surface area contributed by atoms with Crippen LogP contribution in [-0.2, 0) is 10.0 Å². The average molecular weight is 442 g/mol. The topological polar surface area (TPSA) is 69.7 Å². The van der Waals surface area contributed by atoms with E-state index in [1.54, 1.807) is 18.2 Å². The molecule has 1 saturated heterocycles. The molecule has 0 bridgehead atoms. The molecule has 1 amide bonds. The van der Waals surface area contributed by atoms with E-state index in [0.717, 1.165) is 5.56 Å². The minimum Gasteiger partial charge on any atom is -0.322 e. The Bertz CT molecular complexity index is 1000. The fourth-order valence-electron chi connectivity index (χ4n) is 2.93. The first-order valence-electron chi connectivity index (χ1n) is 8.74. The first kappa shape index (κ1) is 21.1. The zero-order valence-electron chi connectivity index (χ0n) is 15.6. The fraction of sp³-hybridized carbons (Fsp3) is 0.316. The number of piperazine rings is 1. The van der Waals surface area contributed by atoms with Gasteiger partial charge in [0, 0.05) is 36.9 Å². The van der Waals surface area contributed by atoms with Crippen LogP contribution in [0.15, 0.2) is 41.3 Å². The summed E-state index contributed by atoms with van der Waals surface area (Å²) in [5.74, 6) is -0.495. The summed E-state index contributed by atoms with van der Waals surface area (Å²) in [6.45, 7) is 3.97. The maximum Gasteiger partial charge on any atom is 0.257 e. The van der Waals surface area contributed by atoms with Gasteiger partial charge in [-0.3, -0.25) is 4.79 Å². The van der Waals surface area contributed by atoms with Gasteiger partial charge in [0.25, 0.3) is 5.91 Å². The molecule has 0 atom stereocenters. The molecule has 150 valence electrons. The number of hydrogen-bond acceptors (Lipinski definition) is 4. The number of nitrogens with one attached hydrogen (secondary N) is 1. The van der Waals surface area contributed by atoms with Gasteiger partial charge < -0.3 is 10.2 Å². The zero-order chi connectivity index (χ0) is 20.5. The molecule has 0 aliphatic carbocycles. The number of carbonyl (C=O) groups is 1. The minimum absolute atomic E-state index is 0.0504. The van der Waals surface area contributed by atoms with Crippen molar-refractivity contribution in [2.24, 2.45) is 0 Å². The van der Waals surface area contributed by atoms with Crippen molar-refractivity contribution < 1.29 is 13.2 Å². The molecule has 1 fully saturated rings. The van der Waals surface area contributed by atoms with E-state index in [1.165, 1.54) is 22.5 Å². The maximum absolute atomic E-state index is 13.0. The van der Waals surface area contributed by atoms with Crippen LogP contribution in [0.25, 0.3) is 0 Å². The summed E-state index contributed by atoms with van der Waals surface area (Å²) in [4.78, 5) is 14.9. The van der Waals surface area contributed by atoms with Crippen molar-refractivity contribution in [3.8, 4) is 0 Å². The summed E-state index contributed by atoms with van der Waals surface area (Å²) >= 11 is 12.2. The third-order valence-corrected chi connectivity index (χ3v) is 7.19. The third kappa shape index (κ3) is 4.50. The van der Waals surface area contributed by atoms with Crippen LogP contribution in [0.1, 0.15) is 15.9 Å². The highest BCUT2D eigenvalue weighted by Crippen LogP contribution is 2.26. The second-order valence-corrected chi connectivity index (χ2v) is 9.54. The number of hydrogen-bond donors (Lipinski definition) is 1. The second-order valence-electron chi connectivity index (χ2n) is 6.76. The molecule has 0 spiro atoms. The van der Waals surface area contributed by atoms with E-state index < -0.39 is 15.9 Å². The largest absolute Gasteiger partial charge is 0.322 e. The molecule has 1 aliphatic rings. The van der Waals surface area contributed by atoms with Gasteiger partial charge in [-0.15, -0.1) is 0 Å². The molecule has 3 rings (SSSR count). The van der Waals surface area contributed by atoms with Gasteiger partial charge >= 0.3 is 0 Å². The number of nitrogens with zero attached hydrogens (tertiary/aromatic N) is 2. The molecule has 0 saturated carbocycles. The highest BCUT2D eigenvalue weighted by Gasteiger charge is 2.28. The number of amides is 1. The van der Waals surface area contributed by atoms with Crippen LogP contribution in [0.2, 0.25) is 10.0 Å². The molecule has 2 aromatic carbocycles. The van der Waals surface area contributed by atoms with Crippen LogP contribution < -0.4 is 5.32 Å². The van der Waals surface area contributed by atoms with Gasteiger partial charge in [0.1, 0.15) is 0 Å². The second kappa shape index (κ2) is 8.39. The summed E-state index contributed by atoms with van der Waals surface area (Å²) < 4.78 is 27.3. The monoisotopic (exact) mass is 441 g/mol. The molecular formula is C19H21Cl2N3O3S. The lowest BCUT2D eigenvalue weighted by Crippen LogP contribution is -2.47. The molecule has 1 heterocycles. The standard InChI is InChI=1S/C19H21Cl2N3O3S/c1-13-3-4-14(20)11-18(13)22-19(25)16-12-15(5-6-17(16)21)28(26,27)24-9-7-23(2)8-10-24/h3-6,11-12H,7-10H2,1-2H3,(H,22,25). The highest BCUT2D eigenvalue weighted by atomic mass is 35.5. The molecule has 0 radical (unpaired) electrons. The highest BCUT2D eigenvalue weighted by molar-refractivity contribution is 7.89. The van der Waals surface area contributed by atoms with E-state index in [1.807, 2.05) is 14.0 Å². The van der Waals surface area contributed by atoms with Gasteiger partial charge in [-0.05, 0) is 49.9 Å². The predicted molar refractivity (Wildman–Crippen MR) is 112 cm³/mol. The Kier molecular flexibility index (Phi) is 6.31. The number of carbonyl (C=O) groups excluding carboxylic acids is 1. The lowest BCUT2D eigenvalue weighted by Gasteiger charge is -2.31. The van der Waals surface area contributed by atoms with Crippen LogP contribution >= 0.6 is 23.2 Å². The van der Waals surface area contributed by atoms with Gasteiger partial charge in [0.05, 0.1) is 15.5 Å². The van der Waals surface area contributed by atoms with Gasteiger partial charge in [-0.2, -0.15) is 4.31 Å². The van der Waals surface area contributed by atoms with E-state index in [9.17, 15) is 13.2 Å². The summed E-state index contributed by atoms with van der Waals surface area (Å²) in [5, 5.41) is 3.41. The molecule has 9 heteroatoms. The molecule has 2 aromatic rings. The van der Waals surface area contributed by atoms with Gasteiger partial charge in [-0.1, -0.05) is 29.3 Å². The third-order valence-electron chi connectivity index (χ3n) is 4.73. The minimum atomic E-state index is -3.70.